The lowest BCUT2D eigenvalue weighted by molar-refractivity contribution is 0.0969. The van der Waals surface area contributed by atoms with Crippen LogP contribution in [0.2, 0.25) is 0 Å². The Bertz CT molecular complexity index is 1140. The Morgan fingerprint density at radius 3 is 1.93 bits per heavy atom. The Morgan fingerprint density at radius 1 is 0.667 bits per heavy atom. The summed E-state index contributed by atoms with van der Waals surface area (Å²) in [5.74, 6) is 0.0889. The van der Waals surface area contributed by atoms with Crippen molar-refractivity contribution < 1.29 is 9.59 Å². The average Bonchev–Trinajstić information content (AvgIpc) is 2.83. The fourth-order valence-electron chi connectivity index (χ4n) is 3.29. The number of carbonyl (C=O) groups excluding carboxylic acids is 2. The molecule has 4 heteroatoms. The number of anilines is 1. The summed E-state index contributed by atoms with van der Waals surface area (Å²) in [4.78, 5) is 32.7. The molecule has 0 atom stereocenters. The fourth-order valence-corrected chi connectivity index (χ4v) is 3.29. The predicted octanol–water partition coefficient (Wildman–Crippen LogP) is 5.16. The number of amides is 1. The molecule has 0 radical (unpaired) electrons. The number of benzene rings is 3. The highest BCUT2D eigenvalue weighted by Crippen LogP contribution is 2.22. The SMILES string of the molecule is O=C(c1ccccc1)c1ccccc1C(=O)N(Cc1ccccc1)c1ccccn1. The van der Waals surface area contributed by atoms with Crippen LogP contribution >= 0.6 is 0 Å². The van der Waals surface area contributed by atoms with Crippen molar-refractivity contribution in [2.24, 2.45) is 0 Å². The molecular formula is C26H20N2O2. The van der Waals surface area contributed by atoms with Gasteiger partial charge in [-0.1, -0.05) is 84.9 Å². The summed E-state index contributed by atoms with van der Waals surface area (Å²) in [5, 5.41) is 0. The minimum Gasteiger partial charge on any atom is -0.289 e. The molecule has 0 spiro atoms. The van der Waals surface area contributed by atoms with Crippen molar-refractivity contribution in [3.05, 3.63) is 132 Å². The van der Waals surface area contributed by atoms with Gasteiger partial charge in [0.15, 0.2) is 5.78 Å². The molecule has 0 unspecified atom stereocenters. The van der Waals surface area contributed by atoms with E-state index in [0.717, 1.165) is 5.56 Å². The molecule has 0 N–H and O–H groups in total. The van der Waals surface area contributed by atoms with Gasteiger partial charge >= 0.3 is 0 Å². The summed E-state index contributed by atoms with van der Waals surface area (Å²) < 4.78 is 0. The van der Waals surface area contributed by atoms with Crippen molar-refractivity contribution in [1.82, 2.24) is 4.98 Å². The second-order valence-electron chi connectivity index (χ2n) is 6.81. The van der Waals surface area contributed by atoms with Gasteiger partial charge in [0.2, 0.25) is 0 Å². The lowest BCUT2D eigenvalue weighted by Gasteiger charge is -2.23. The van der Waals surface area contributed by atoms with Crippen LogP contribution in [0.4, 0.5) is 5.82 Å². The van der Waals surface area contributed by atoms with Crippen LogP contribution in [0.25, 0.3) is 0 Å². The number of nitrogens with zero attached hydrogens (tertiary/aromatic N) is 2. The van der Waals surface area contributed by atoms with Crippen molar-refractivity contribution in [2.75, 3.05) is 4.90 Å². The standard InChI is InChI=1S/C26H20N2O2/c29-25(21-13-5-2-6-14-21)22-15-7-8-16-23(22)26(30)28(24-17-9-10-18-27-24)19-20-11-3-1-4-12-20/h1-18H,19H2. The maximum absolute atomic E-state index is 13.6. The third-order valence-corrected chi connectivity index (χ3v) is 4.79. The number of carbonyl (C=O) groups is 2. The largest absolute Gasteiger partial charge is 0.289 e. The van der Waals surface area contributed by atoms with Gasteiger partial charge in [-0.3, -0.25) is 14.5 Å². The molecule has 1 heterocycles. The lowest BCUT2D eigenvalue weighted by atomic mass is 9.97. The number of pyridine rings is 1. The highest BCUT2D eigenvalue weighted by atomic mass is 16.2. The van der Waals surface area contributed by atoms with Crippen LogP contribution in [0.1, 0.15) is 31.8 Å². The summed E-state index contributed by atoms with van der Waals surface area (Å²) in [7, 11) is 0. The zero-order chi connectivity index (χ0) is 20.8. The molecule has 1 amide bonds. The van der Waals surface area contributed by atoms with Gasteiger partial charge in [0.25, 0.3) is 5.91 Å². The van der Waals surface area contributed by atoms with Crippen molar-refractivity contribution in [3.8, 4) is 0 Å². The molecule has 146 valence electrons. The molecule has 0 saturated heterocycles. The number of hydrogen-bond acceptors (Lipinski definition) is 3. The molecule has 30 heavy (non-hydrogen) atoms. The van der Waals surface area contributed by atoms with E-state index in [9.17, 15) is 9.59 Å². The molecule has 4 nitrogen and oxygen atoms in total. The second kappa shape index (κ2) is 8.97. The Hall–Kier alpha value is -4.05. The van der Waals surface area contributed by atoms with Gasteiger partial charge in [0.05, 0.1) is 12.1 Å². The summed E-state index contributed by atoms with van der Waals surface area (Å²) in [6.07, 6.45) is 1.65. The van der Waals surface area contributed by atoms with E-state index in [1.807, 2.05) is 60.7 Å². The first-order valence-corrected chi connectivity index (χ1v) is 9.69. The summed E-state index contributed by atoms with van der Waals surface area (Å²) in [6, 6.07) is 31.1. The molecule has 0 aliphatic heterocycles. The van der Waals surface area contributed by atoms with E-state index < -0.39 is 0 Å². The smallest absolute Gasteiger partial charge is 0.260 e. The number of aromatic nitrogens is 1. The number of rotatable bonds is 6. The van der Waals surface area contributed by atoms with E-state index in [0.29, 0.717) is 29.1 Å². The maximum Gasteiger partial charge on any atom is 0.260 e. The van der Waals surface area contributed by atoms with Crippen molar-refractivity contribution in [3.63, 3.8) is 0 Å². The second-order valence-corrected chi connectivity index (χ2v) is 6.81. The van der Waals surface area contributed by atoms with Crippen LogP contribution < -0.4 is 4.90 Å². The molecule has 4 rings (SSSR count). The molecular weight excluding hydrogens is 372 g/mol. The van der Waals surface area contributed by atoms with Crippen molar-refractivity contribution in [2.45, 2.75) is 6.54 Å². The van der Waals surface area contributed by atoms with Crippen LogP contribution in [0.3, 0.4) is 0 Å². The van der Waals surface area contributed by atoms with E-state index in [-0.39, 0.29) is 11.7 Å². The van der Waals surface area contributed by atoms with E-state index in [1.54, 1.807) is 53.6 Å². The Balaban J connectivity index is 1.74. The monoisotopic (exact) mass is 392 g/mol. The van der Waals surface area contributed by atoms with Crippen molar-refractivity contribution >= 4 is 17.5 Å². The van der Waals surface area contributed by atoms with Gasteiger partial charge < -0.3 is 0 Å². The van der Waals surface area contributed by atoms with Crippen LogP contribution in [0.15, 0.2) is 109 Å². The molecule has 4 aromatic rings. The minimum atomic E-state index is -0.266. The summed E-state index contributed by atoms with van der Waals surface area (Å²) in [5.41, 5.74) is 2.25. The maximum atomic E-state index is 13.6. The Labute approximate surface area is 175 Å². The number of ketones is 1. The highest BCUT2D eigenvalue weighted by Gasteiger charge is 2.24. The van der Waals surface area contributed by atoms with Crippen LogP contribution in [0, 0.1) is 0 Å². The van der Waals surface area contributed by atoms with Crippen LogP contribution in [0.5, 0.6) is 0 Å². The highest BCUT2D eigenvalue weighted by molar-refractivity contribution is 6.18. The fraction of sp³-hybridized carbons (Fsp3) is 0.0385. The van der Waals surface area contributed by atoms with Gasteiger partial charge in [-0.05, 0) is 23.8 Å². The summed E-state index contributed by atoms with van der Waals surface area (Å²) in [6.45, 7) is 0.352. The molecule has 0 saturated carbocycles. The molecule has 3 aromatic carbocycles. The van der Waals surface area contributed by atoms with Gasteiger partial charge in [-0.15, -0.1) is 0 Å². The molecule has 0 bridgehead atoms. The zero-order valence-electron chi connectivity index (χ0n) is 16.3. The number of hydrogen-bond donors (Lipinski definition) is 0. The van der Waals surface area contributed by atoms with E-state index in [2.05, 4.69) is 4.98 Å². The molecule has 0 fully saturated rings. The Morgan fingerprint density at radius 2 is 1.27 bits per heavy atom. The topological polar surface area (TPSA) is 50.3 Å². The van der Waals surface area contributed by atoms with Gasteiger partial charge in [0.1, 0.15) is 5.82 Å². The van der Waals surface area contributed by atoms with E-state index in [4.69, 9.17) is 0 Å². The first-order chi connectivity index (χ1) is 14.7. The predicted molar refractivity (Wildman–Crippen MR) is 118 cm³/mol. The lowest BCUT2D eigenvalue weighted by Crippen LogP contribution is -2.32. The summed E-state index contributed by atoms with van der Waals surface area (Å²) >= 11 is 0. The van der Waals surface area contributed by atoms with Gasteiger partial charge in [0, 0.05) is 17.3 Å². The zero-order valence-corrected chi connectivity index (χ0v) is 16.3. The molecule has 0 aliphatic rings. The molecule has 1 aromatic heterocycles. The van der Waals surface area contributed by atoms with Gasteiger partial charge in [-0.25, -0.2) is 4.98 Å². The van der Waals surface area contributed by atoms with E-state index >= 15 is 0 Å². The minimum absolute atomic E-state index is 0.180. The average molecular weight is 392 g/mol. The third-order valence-electron chi connectivity index (χ3n) is 4.79. The van der Waals surface area contributed by atoms with Crippen LogP contribution in [-0.4, -0.2) is 16.7 Å². The first kappa shape index (κ1) is 19.3. The third kappa shape index (κ3) is 4.18. The first-order valence-electron chi connectivity index (χ1n) is 9.69. The Kier molecular flexibility index (Phi) is 5.76. The normalized spacial score (nSPS) is 10.4. The van der Waals surface area contributed by atoms with E-state index in [1.165, 1.54) is 0 Å². The van der Waals surface area contributed by atoms with Gasteiger partial charge in [-0.2, -0.15) is 0 Å². The quantitative estimate of drug-likeness (QED) is 0.426. The van der Waals surface area contributed by atoms with Crippen LogP contribution in [-0.2, 0) is 6.54 Å². The molecule has 0 aliphatic carbocycles. The van der Waals surface area contributed by atoms with Crippen molar-refractivity contribution in [1.29, 1.82) is 0 Å².